The summed E-state index contributed by atoms with van der Waals surface area (Å²) in [5.41, 5.74) is 7.28. The van der Waals surface area contributed by atoms with Crippen molar-refractivity contribution in [3.8, 4) is 6.07 Å². The molecule has 0 aliphatic carbocycles. The molecular weight excluding hydrogens is 204 g/mol. The van der Waals surface area contributed by atoms with Gasteiger partial charge in [-0.2, -0.15) is 5.26 Å². The van der Waals surface area contributed by atoms with Crippen LogP contribution in [0.15, 0.2) is 18.2 Å². The third kappa shape index (κ3) is 2.64. The van der Waals surface area contributed by atoms with Crippen molar-refractivity contribution >= 4 is 17.3 Å². The molecule has 1 amide bonds. The van der Waals surface area contributed by atoms with E-state index in [0.29, 0.717) is 16.9 Å². The van der Waals surface area contributed by atoms with Crippen molar-refractivity contribution in [2.24, 2.45) is 0 Å². The normalized spacial score (nSPS) is 9.31. The molecule has 16 heavy (non-hydrogen) atoms. The van der Waals surface area contributed by atoms with Gasteiger partial charge in [0.25, 0.3) is 0 Å². The van der Waals surface area contributed by atoms with Gasteiger partial charge in [-0.15, -0.1) is 0 Å². The number of anilines is 2. The molecule has 0 fully saturated rings. The van der Waals surface area contributed by atoms with E-state index in [1.54, 1.807) is 37.2 Å². The lowest BCUT2D eigenvalue weighted by atomic mass is 10.1. The fourth-order valence-electron chi connectivity index (χ4n) is 1.36. The highest BCUT2D eigenvalue weighted by Gasteiger charge is 2.10. The highest BCUT2D eigenvalue weighted by atomic mass is 16.1. The number of rotatable bonds is 3. The molecule has 0 bridgehead atoms. The predicted octanol–water partition coefficient (Wildman–Crippen LogP) is 0.323. The quantitative estimate of drug-likeness (QED) is 0.716. The van der Waals surface area contributed by atoms with Gasteiger partial charge in [-0.3, -0.25) is 4.79 Å². The zero-order valence-corrected chi connectivity index (χ0v) is 9.32. The molecule has 0 radical (unpaired) electrons. The van der Waals surface area contributed by atoms with Gasteiger partial charge in [0.15, 0.2) is 0 Å². The Kier molecular flexibility index (Phi) is 3.72. The topological polar surface area (TPSA) is 82.2 Å². The Labute approximate surface area is 94.5 Å². The van der Waals surface area contributed by atoms with Crippen LogP contribution in [-0.2, 0) is 4.79 Å². The van der Waals surface area contributed by atoms with Gasteiger partial charge in [0.2, 0.25) is 5.91 Å². The van der Waals surface area contributed by atoms with E-state index in [9.17, 15) is 4.79 Å². The number of carbonyl (C=O) groups is 1. The summed E-state index contributed by atoms with van der Waals surface area (Å²) in [4.78, 5) is 12.9. The highest BCUT2D eigenvalue weighted by Crippen LogP contribution is 2.20. The smallest absolute Gasteiger partial charge is 0.239 e. The molecule has 84 valence electrons. The largest absolute Gasteiger partial charge is 0.399 e. The average molecular weight is 218 g/mol. The fourth-order valence-corrected chi connectivity index (χ4v) is 1.36. The zero-order chi connectivity index (χ0) is 12.1. The summed E-state index contributed by atoms with van der Waals surface area (Å²) < 4.78 is 0. The Morgan fingerprint density at radius 2 is 2.31 bits per heavy atom. The molecule has 5 heteroatoms. The van der Waals surface area contributed by atoms with Crippen molar-refractivity contribution in [2.45, 2.75) is 0 Å². The molecule has 0 spiro atoms. The van der Waals surface area contributed by atoms with Crippen molar-refractivity contribution in [1.29, 1.82) is 5.26 Å². The number of nitriles is 1. The lowest BCUT2D eigenvalue weighted by Gasteiger charge is -2.19. The summed E-state index contributed by atoms with van der Waals surface area (Å²) >= 11 is 0. The van der Waals surface area contributed by atoms with Crippen LogP contribution >= 0.6 is 0 Å². The minimum atomic E-state index is -0.108. The molecule has 0 unspecified atom stereocenters. The van der Waals surface area contributed by atoms with Crippen LogP contribution < -0.4 is 16.0 Å². The van der Waals surface area contributed by atoms with Crippen LogP contribution in [0.25, 0.3) is 0 Å². The fraction of sp³-hybridized carbons (Fsp3) is 0.273. The van der Waals surface area contributed by atoms with Crippen LogP contribution in [0.1, 0.15) is 5.56 Å². The number of carbonyl (C=O) groups excluding carboxylic acids is 1. The monoisotopic (exact) mass is 218 g/mol. The zero-order valence-electron chi connectivity index (χ0n) is 9.32. The van der Waals surface area contributed by atoms with Gasteiger partial charge in [-0.1, -0.05) is 0 Å². The van der Waals surface area contributed by atoms with Crippen molar-refractivity contribution in [3.05, 3.63) is 23.8 Å². The molecule has 1 aromatic rings. The number of amides is 1. The Morgan fingerprint density at radius 3 is 2.88 bits per heavy atom. The van der Waals surface area contributed by atoms with Gasteiger partial charge in [0.1, 0.15) is 6.07 Å². The number of nitrogens with two attached hydrogens (primary N) is 1. The lowest BCUT2D eigenvalue weighted by Crippen LogP contribution is -2.33. The number of hydrogen-bond acceptors (Lipinski definition) is 4. The molecular formula is C11H14N4O. The third-order valence-electron chi connectivity index (χ3n) is 2.21. The first-order valence-electron chi connectivity index (χ1n) is 4.80. The average Bonchev–Trinajstić information content (AvgIpc) is 2.28. The summed E-state index contributed by atoms with van der Waals surface area (Å²) in [6.07, 6.45) is 0. The molecule has 0 aliphatic heterocycles. The molecule has 0 saturated heterocycles. The number of nitrogens with one attached hydrogen (secondary N) is 1. The second-order valence-corrected chi connectivity index (χ2v) is 3.42. The summed E-state index contributed by atoms with van der Waals surface area (Å²) in [6, 6.07) is 7.09. The van der Waals surface area contributed by atoms with Crippen LogP contribution in [0, 0.1) is 11.3 Å². The van der Waals surface area contributed by atoms with Crippen molar-refractivity contribution in [1.82, 2.24) is 5.32 Å². The first-order chi connectivity index (χ1) is 7.58. The maximum absolute atomic E-state index is 11.2. The number of nitrogens with zero attached hydrogens (tertiary/aromatic N) is 2. The summed E-state index contributed by atoms with van der Waals surface area (Å²) in [7, 11) is 3.33. The van der Waals surface area contributed by atoms with E-state index in [1.807, 2.05) is 0 Å². The highest BCUT2D eigenvalue weighted by molar-refractivity contribution is 5.81. The molecule has 0 heterocycles. The van der Waals surface area contributed by atoms with E-state index >= 15 is 0 Å². The van der Waals surface area contributed by atoms with Crippen molar-refractivity contribution < 1.29 is 4.79 Å². The van der Waals surface area contributed by atoms with E-state index in [0.717, 1.165) is 0 Å². The van der Waals surface area contributed by atoms with E-state index in [4.69, 9.17) is 11.0 Å². The first-order valence-corrected chi connectivity index (χ1v) is 4.80. The van der Waals surface area contributed by atoms with Gasteiger partial charge in [-0.05, 0) is 18.2 Å². The number of benzene rings is 1. The summed E-state index contributed by atoms with van der Waals surface area (Å²) in [5, 5.41) is 11.5. The van der Waals surface area contributed by atoms with E-state index in [1.165, 1.54) is 0 Å². The number of hydrogen-bond donors (Lipinski definition) is 2. The van der Waals surface area contributed by atoms with Crippen LogP contribution in [0.2, 0.25) is 0 Å². The van der Waals surface area contributed by atoms with Gasteiger partial charge in [-0.25, -0.2) is 0 Å². The second-order valence-electron chi connectivity index (χ2n) is 3.42. The SMILES string of the molecule is CNC(=O)CN(C)c1ccc(N)cc1C#N. The van der Waals surface area contributed by atoms with Crippen molar-refractivity contribution in [2.75, 3.05) is 31.3 Å². The van der Waals surface area contributed by atoms with E-state index < -0.39 is 0 Å². The molecule has 0 aromatic heterocycles. The lowest BCUT2D eigenvalue weighted by molar-refractivity contribution is -0.119. The van der Waals surface area contributed by atoms with Crippen LogP contribution in [-0.4, -0.2) is 26.5 Å². The molecule has 0 atom stereocenters. The van der Waals surface area contributed by atoms with Crippen molar-refractivity contribution in [3.63, 3.8) is 0 Å². The molecule has 3 N–H and O–H groups in total. The molecule has 1 rings (SSSR count). The van der Waals surface area contributed by atoms with Crippen LogP contribution in [0.5, 0.6) is 0 Å². The Morgan fingerprint density at radius 1 is 1.62 bits per heavy atom. The Balaban J connectivity index is 2.95. The maximum atomic E-state index is 11.2. The van der Waals surface area contributed by atoms with Gasteiger partial charge < -0.3 is 16.0 Å². The number of likely N-dealkylation sites (N-methyl/N-ethyl adjacent to an activating group) is 2. The van der Waals surface area contributed by atoms with Gasteiger partial charge in [0.05, 0.1) is 17.8 Å². The van der Waals surface area contributed by atoms with Gasteiger partial charge >= 0.3 is 0 Å². The first kappa shape index (κ1) is 11.9. The maximum Gasteiger partial charge on any atom is 0.239 e. The third-order valence-corrected chi connectivity index (χ3v) is 2.21. The molecule has 0 saturated carbocycles. The Bertz CT molecular complexity index is 436. The summed E-state index contributed by atoms with van der Waals surface area (Å²) in [6.45, 7) is 0.203. The standard InChI is InChI=1S/C11H14N4O/c1-14-11(16)7-15(2)10-4-3-9(13)5-8(10)6-12/h3-5H,7,13H2,1-2H3,(H,14,16). The van der Waals surface area contributed by atoms with Crippen LogP contribution in [0.4, 0.5) is 11.4 Å². The minimum Gasteiger partial charge on any atom is -0.399 e. The van der Waals surface area contributed by atoms with E-state index in [2.05, 4.69) is 11.4 Å². The van der Waals surface area contributed by atoms with Gasteiger partial charge in [0, 0.05) is 19.8 Å². The Hall–Kier alpha value is -2.22. The van der Waals surface area contributed by atoms with E-state index in [-0.39, 0.29) is 12.5 Å². The number of nitrogen functional groups attached to an aromatic ring is 1. The second kappa shape index (κ2) is 5.03. The predicted molar refractivity (Wildman–Crippen MR) is 62.9 cm³/mol. The molecule has 5 nitrogen and oxygen atoms in total. The molecule has 0 aliphatic rings. The molecule has 1 aromatic carbocycles. The summed E-state index contributed by atoms with van der Waals surface area (Å²) in [5.74, 6) is -0.108. The minimum absolute atomic E-state index is 0.108. The van der Waals surface area contributed by atoms with Crippen LogP contribution in [0.3, 0.4) is 0 Å².